The minimum absolute atomic E-state index is 0.0231. The lowest BCUT2D eigenvalue weighted by Crippen LogP contribution is -2.44. The molecular weight excluding hydrogens is 277 g/mol. The van der Waals surface area contributed by atoms with Crippen molar-refractivity contribution >= 4 is 17.3 Å². The van der Waals surface area contributed by atoms with Gasteiger partial charge in [-0.15, -0.1) is 0 Å². The van der Waals surface area contributed by atoms with Crippen LogP contribution >= 0.6 is 0 Å². The van der Waals surface area contributed by atoms with Gasteiger partial charge in [0.15, 0.2) is 5.82 Å². The van der Waals surface area contributed by atoms with E-state index in [2.05, 4.69) is 5.32 Å². The maximum atomic E-state index is 13.9. The first kappa shape index (κ1) is 15.2. The van der Waals surface area contributed by atoms with Crippen LogP contribution in [-0.4, -0.2) is 30.0 Å². The van der Waals surface area contributed by atoms with Gasteiger partial charge in [0.05, 0.1) is 16.7 Å². The van der Waals surface area contributed by atoms with Gasteiger partial charge in [0.1, 0.15) is 0 Å². The van der Waals surface area contributed by atoms with Crippen LogP contribution in [0.25, 0.3) is 0 Å². The van der Waals surface area contributed by atoms with Gasteiger partial charge in [-0.05, 0) is 18.9 Å². The van der Waals surface area contributed by atoms with Crippen LogP contribution in [-0.2, 0) is 4.79 Å². The third-order valence-corrected chi connectivity index (χ3v) is 3.66. The Bertz CT molecular complexity index is 542. The molecule has 0 aromatic heterocycles. The number of rotatable bonds is 4. The number of halogens is 1. The van der Waals surface area contributed by atoms with Gasteiger partial charge in [-0.3, -0.25) is 14.9 Å². The van der Waals surface area contributed by atoms with Crippen molar-refractivity contribution < 1.29 is 14.1 Å². The molecule has 0 unspecified atom stereocenters. The van der Waals surface area contributed by atoms with E-state index in [1.807, 2.05) is 4.90 Å². The van der Waals surface area contributed by atoms with Gasteiger partial charge in [0.25, 0.3) is 5.69 Å². The number of nitro groups is 1. The number of hydrogen-bond donors (Lipinski definition) is 1. The van der Waals surface area contributed by atoms with Crippen molar-refractivity contribution in [1.29, 1.82) is 0 Å². The molecule has 1 fully saturated rings. The highest BCUT2D eigenvalue weighted by atomic mass is 19.1. The molecule has 1 amide bonds. The van der Waals surface area contributed by atoms with E-state index in [4.69, 9.17) is 0 Å². The number of nitro benzene ring substituents is 1. The Morgan fingerprint density at radius 1 is 1.48 bits per heavy atom. The lowest BCUT2D eigenvalue weighted by Gasteiger charge is -2.34. The van der Waals surface area contributed by atoms with Crippen molar-refractivity contribution in [3.63, 3.8) is 0 Å². The van der Waals surface area contributed by atoms with E-state index in [1.54, 1.807) is 6.92 Å². The predicted molar refractivity (Wildman–Crippen MR) is 76.7 cm³/mol. The van der Waals surface area contributed by atoms with Crippen molar-refractivity contribution in [2.24, 2.45) is 0 Å². The summed E-state index contributed by atoms with van der Waals surface area (Å²) in [7, 11) is 0. The molecule has 2 rings (SSSR count). The largest absolute Gasteiger partial charge is 0.369 e. The van der Waals surface area contributed by atoms with E-state index >= 15 is 0 Å². The summed E-state index contributed by atoms with van der Waals surface area (Å²) in [5, 5.41) is 13.5. The van der Waals surface area contributed by atoms with Crippen LogP contribution in [0.3, 0.4) is 0 Å². The van der Waals surface area contributed by atoms with Crippen LogP contribution in [0.5, 0.6) is 0 Å². The highest BCUT2D eigenvalue weighted by Crippen LogP contribution is 2.26. The Hall–Kier alpha value is -2.18. The molecule has 0 spiro atoms. The normalized spacial score (nSPS) is 15.8. The Labute approximate surface area is 122 Å². The molecule has 0 radical (unpaired) electrons. The molecule has 1 aliphatic heterocycles. The molecular formula is C14H18FN3O3. The van der Waals surface area contributed by atoms with Crippen molar-refractivity contribution in [3.8, 4) is 0 Å². The second kappa shape index (κ2) is 6.51. The molecule has 1 N–H and O–H groups in total. The van der Waals surface area contributed by atoms with E-state index < -0.39 is 10.7 Å². The molecule has 0 saturated carbocycles. The number of carbonyl (C=O) groups is 1. The molecule has 1 aromatic rings. The maximum absolute atomic E-state index is 13.9. The zero-order valence-electron chi connectivity index (χ0n) is 11.8. The van der Waals surface area contributed by atoms with Crippen LogP contribution < -0.4 is 10.2 Å². The zero-order chi connectivity index (χ0) is 15.4. The van der Waals surface area contributed by atoms with Crippen molar-refractivity contribution in [3.05, 3.63) is 34.1 Å². The molecule has 1 heterocycles. The first-order valence-electron chi connectivity index (χ1n) is 6.99. The van der Waals surface area contributed by atoms with E-state index in [0.29, 0.717) is 25.2 Å². The van der Waals surface area contributed by atoms with Crippen LogP contribution in [0.1, 0.15) is 26.2 Å². The second-order valence-corrected chi connectivity index (χ2v) is 5.08. The smallest absolute Gasteiger partial charge is 0.272 e. The number of amides is 1. The van der Waals surface area contributed by atoms with E-state index in [-0.39, 0.29) is 17.6 Å². The fourth-order valence-electron chi connectivity index (χ4n) is 2.46. The van der Waals surface area contributed by atoms with Crippen LogP contribution in [0.4, 0.5) is 15.8 Å². The zero-order valence-corrected chi connectivity index (χ0v) is 11.8. The number of benzene rings is 1. The monoisotopic (exact) mass is 295 g/mol. The maximum Gasteiger partial charge on any atom is 0.272 e. The van der Waals surface area contributed by atoms with E-state index in [1.165, 1.54) is 12.1 Å². The molecule has 1 aromatic carbocycles. The van der Waals surface area contributed by atoms with Crippen molar-refractivity contribution in [2.45, 2.75) is 32.2 Å². The van der Waals surface area contributed by atoms with Crippen LogP contribution in [0.15, 0.2) is 18.2 Å². The van der Waals surface area contributed by atoms with Gasteiger partial charge < -0.3 is 10.2 Å². The first-order chi connectivity index (χ1) is 10.0. The third kappa shape index (κ3) is 3.68. The lowest BCUT2D eigenvalue weighted by molar-refractivity contribution is -0.385. The summed E-state index contributed by atoms with van der Waals surface area (Å²) in [5.74, 6) is -0.560. The first-order valence-corrected chi connectivity index (χ1v) is 6.99. The number of nitrogens with zero attached hydrogens (tertiary/aromatic N) is 2. The van der Waals surface area contributed by atoms with E-state index in [9.17, 15) is 19.3 Å². The van der Waals surface area contributed by atoms with E-state index in [0.717, 1.165) is 18.9 Å². The van der Waals surface area contributed by atoms with Gasteiger partial charge in [0.2, 0.25) is 5.91 Å². The quantitative estimate of drug-likeness (QED) is 0.682. The summed E-state index contributed by atoms with van der Waals surface area (Å²) in [6.07, 6.45) is 1.93. The van der Waals surface area contributed by atoms with Gasteiger partial charge in [-0.1, -0.05) is 6.92 Å². The molecule has 1 saturated heterocycles. The minimum Gasteiger partial charge on any atom is -0.369 e. The predicted octanol–water partition coefficient (Wildman–Crippen LogP) is 2.23. The van der Waals surface area contributed by atoms with Crippen LogP contribution in [0.2, 0.25) is 0 Å². The molecule has 0 aliphatic carbocycles. The highest BCUT2D eigenvalue weighted by Gasteiger charge is 2.23. The van der Waals surface area contributed by atoms with Gasteiger partial charge >= 0.3 is 0 Å². The topological polar surface area (TPSA) is 75.5 Å². The standard InChI is InChI=1S/C14H18FN3O3/c1-2-14(19)16-10-5-7-17(8-6-10)13-4-3-11(18(20)21)9-12(13)15/h3-4,9-10H,2,5-8H2,1H3,(H,16,19). The van der Waals surface area contributed by atoms with Crippen LogP contribution in [0, 0.1) is 15.9 Å². The van der Waals surface area contributed by atoms with Crippen molar-refractivity contribution in [2.75, 3.05) is 18.0 Å². The average Bonchev–Trinajstić information content (AvgIpc) is 2.48. The Kier molecular flexibility index (Phi) is 4.72. The summed E-state index contributed by atoms with van der Waals surface area (Å²) in [5.41, 5.74) is 0.127. The summed E-state index contributed by atoms with van der Waals surface area (Å²) in [4.78, 5) is 23.2. The SMILES string of the molecule is CCC(=O)NC1CCN(c2ccc([N+](=O)[O-])cc2F)CC1. The van der Waals surface area contributed by atoms with Crippen molar-refractivity contribution in [1.82, 2.24) is 5.32 Å². The van der Waals surface area contributed by atoms with Gasteiger partial charge in [0, 0.05) is 31.6 Å². The fraction of sp³-hybridized carbons (Fsp3) is 0.500. The molecule has 21 heavy (non-hydrogen) atoms. The molecule has 0 atom stereocenters. The summed E-state index contributed by atoms with van der Waals surface area (Å²) in [6, 6.07) is 3.82. The Morgan fingerprint density at radius 2 is 2.14 bits per heavy atom. The summed E-state index contributed by atoms with van der Waals surface area (Å²) < 4.78 is 13.9. The Morgan fingerprint density at radius 3 is 2.67 bits per heavy atom. The molecule has 114 valence electrons. The highest BCUT2D eigenvalue weighted by molar-refractivity contribution is 5.75. The number of piperidine rings is 1. The van der Waals surface area contributed by atoms with Gasteiger partial charge in [-0.25, -0.2) is 4.39 Å². The second-order valence-electron chi connectivity index (χ2n) is 5.08. The third-order valence-electron chi connectivity index (χ3n) is 3.66. The number of anilines is 1. The number of carbonyl (C=O) groups excluding carboxylic acids is 1. The molecule has 7 heteroatoms. The molecule has 1 aliphatic rings. The number of hydrogen-bond acceptors (Lipinski definition) is 4. The van der Waals surface area contributed by atoms with Gasteiger partial charge in [-0.2, -0.15) is 0 Å². The number of non-ortho nitro benzene ring substituents is 1. The lowest BCUT2D eigenvalue weighted by atomic mass is 10.0. The average molecular weight is 295 g/mol. The molecule has 6 nitrogen and oxygen atoms in total. The summed E-state index contributed by atoms with van der Waals surface area (Å²) >= 11 is 0. The summed E-state index contributed by atoms with van der Waals surface area (Å²) in [6.45, 7) is 3.03. The Balaban J connectivity index is 1.99. The number of nitrogens with one attached hydrogen (secondary N) is 1. The fourth-order valence-corrected chi connectivity index (χ4v) is 2.46. The minimum atomic E-state index is -0.612. The molecule has 0 bridgehead atoms.